The molecule has 0 bridgehead atoms. The van der Waals surface area contributed by atoms with Crippen molar-refractivity contribution in [1.82, 2.24) is 15.6 Å². The van der Waals surface area contributed by atoms with Crippen molar-refractivity contribution in [3.8, 4) is 0 Å². The van der Waals surface area contributed by atoms with E-state index in [9.17, 15) is 9.59 Å². The maximum atomic E-state index is 12.3. The molecule has 1 aliphatic heterocycles. The molecule has 1 fully saturated rings. The van der Waals surface area contributed by atoms with Crippen molar-refractivity contribution in [3.05, 3.63) is 54.4 Å². The van der Waals surface area contributed by atoms with Gasteiger partial charge in [0.15, 0.2) is 0 Å². The highest BCUT2D eigenvalue weighted by atomic mass is 16.2. The van der Waals surface area contributed by atoms with Crippen molar-refractivity contribution in [2.75, 3.05) is 23.7 Å². The lowest BCUT2D eigenvalue weighted by atomic mass is 9.97. The van der Waals surface area contributed by atoms with Crippen LogP contribution in [0.3, 0.4) is 0 Å². The Hall–Kier alpha value is -2.93. The van der Waals surface area contributed by atoms with E-state index in [1.165, 1.54) is 0 Å². The topological polar surface area (TPSA) is 95.2 Å². The van der Waals surface area contributed by atoms with E-state index in [1.54, 1.807) is 30.6 Å². The zero-order valence-corrected chi connectivity index (χ0v) is 14.5. The SMILES string of the molecule is O=C(NCc1ccncc1)Nc1cccc(NC(=O)C2CCNCC2)c1. The van der Waals surface area contributed by atoms with E-state index in [0.717, 1.165) is 31.5 Å². The fourth-order valence-electron chi connectivity index (χ4n) is 2.86. The van der Waals surface area contributed by atoms with E-state index < -0.39 is 0 Å². The Morgan fingerprint density at radius 2 is 1.73 bits per heavy atom. The lowest BCUT2D eigenvalue weighted by molar-refractivity contribution is -0.120. The molecule has 7 heteroatoms. The van der Waals surface area contributed by atoms with Crippen molar-refractivity contribution >= 4 is 23.3 Å². The number of nitrogens with zero attached hydrogens (tertiary/aromatic N) is 1. The Kier molecular flexibility index (Phi) is 6.16. The molecule has 3 amide bonds. The van der Waals surface area contributed by atoms with Gasteiger partial charge in [0.1, 0.15) is 0 Å². The number of hydrogen-bond acceptors (Lipinski definition) is 4. The van der Waals surface area contributed by atoms with Gasteiger partial charge in [-0.25, -0.2) is 4.79 Å². The first-order valence-corrected chi connectivity index (χ1v) is 8.76. The van der Waals surface area contributed by atoms with Crippen LogP contribution in [0, 0.1) is 5.92 Å². The standard InChI is InChI=1S/C19H23N5O2/c25-18(15-6-10-21-11-7-15)23-16-2-1-3-17(12-16)24-19(26)22-13-14-4-8-20-9-5-14/h1-5,8-9,12,15,21H,6-7,10-11,13H2,(H,23,25)(H2,22,24,26). The number of benzene rings is 1. The highest BCUT2D eigenvalue weighted by Crippen LogP contribution is 2.18. The minimum Gasteiger partial charge on any atom is -0.334 e. The summed E-state index contributed by atoms with van der Waals surface area (Å²) < 4.78 is 0. The molecule has 0 spiro atoms. The van der Waals surface area contributed by atoms with Gasteiger partial charge >= 0.3 is 6.03 Å². The van der Waals surface area contributed by atoms with E-state index in [0.29, 0.717) is 17.9 Å². The molecule has 1 aromatic carbocycles. The van der Waals surface area contributed by atoms with Crippen LogP contribution in [0.25, 0.3) is 0 Å². The van der Waals surface area contributed by atoms with Crippen LogP contribution in [-0.2, 0) is 11.3 Å². The number of pyridine rings is 1. The lowest BCUT2D eigenvalue weighted by Gasteiger charge is -2.21. The normalized spacial score (nSPS) is 14.5. The molecule has 3 rings (SSSR count). The Labute approximate surface area is 152 Å². The molecule has 1 saturated heterocycles. The van der Waals surface area contributed by atoms with Crippen molar-refractivity contribution < 1.29 is 9.59 Å². The first-order valence-electron chi connectivity index (χ1n) is 8.76. The number of amides is 3. The van der Waals surface area contributed by atoms with Gasteiger partial charge in [-0.15, -0.1) is 0 Å². The summed E-state index contributed by atoms with van der Waals surface area (Å²) in [6.07, 6.45) is 5.06. The third kappa shape index (κ3) is 5.29. The summed E-state index contributed by atoms with van der Waals surface area (Å²) in [5.41, 5.74) is 2.28. The number of carbonyl (C=O) groups excluding carboxylic acids is 2. The largest absolute Gasteiger partial charge is 0.334 e. The van der Waals surface area contributed by atoms with E-state index in [-0.39, 0.29) is 17.9 Å². The number of piperidine rings is 1. The second kappa shape index (κ2) is 8.96. The van der Waals surface area contributed by atoms with Crippen LogP contribution >= 0.6 is 0 Å². The third-order valence-corrected chi connectivity index (χ3v) is 4.30. The molecule has 26 heavy (non-hydrogen) atoms. The number of rotatable bonds is 5. The van der Waals surface area contributed by atoms with Crippen LogP contribution in [0.4, 0.5) is 16.2 Å². The number of anilines is 2. The van der Waals surface area contributed by atoms with Gasteiger partial charge in [-0.05, 0) is 61.8 Å². The number of nitrogens with one attached hydrogen (secondary N) is 4. The zero-order chi connectivity index (χ0) is 18.2. The summed E-state index contributed by atoms with van der Waals surface area (Å²) in [4.78, 5) is 28.3. The molecule has 7 nitrogen and oxygen atoms in total. The molecule has 2 aromatic rings. The van der Waals surface area contributed by atoms with E-state index >= 15 is 0 Å². The Bertz CT molecular complexity index is 745. The fourth-order valence-corrected chi connectivity index (χ4v) is 2.86. The Morgan fingerprint density at radius 1 is 1.04 bits per heavy atom. The minimum atomic E-state index is -0.302. The average molecular weight is 353 g/mol. The van der Waals surface area contributed by atoms with Crippen LogP contribution < -0.4 is 21.3 Å². The van der Waals surface area contributed by atoms with Gasteiger partial charge in [-0.1, -0.05) is 6.07 Å². The van der Waals surface area contributed by atoms with Crippen LogP contribution in [0.15, 0.2) is 48.8 Å². The smallest absolute Gasteiger partial charge is 0.319 e. The molecular formula is C19H23N5O2. The molecule has 1 aliphatic rings. The second-order valence-electron chi connectivity index (χ2n) is 6.26. The molecule has 2 heterocycles. The summed E-state index contributed by atoms with van der Waals surface area (Å²) >= 11 is 0. The predicted molar refractivity (Wildman–Crippen MR) is 101 cm³/mol. The Morgan fingerprint density at radius 3 is 2.46 bits per heavy atom. The maximum Gasteiger partial charge on any atom is 0.319 e. The summed E-state index contributed by atoms with van der Waals surface area (Å²) in [5, 5.41) is 11.8. The predicted octanol–water partition coefficient (Wildman–Crippen LogP) is 2.34. The van der Waals surface area contributed by atoms with Gasteiger partial charge in [-0.2, -0.15) is 0 Å². The van der Waals surface area contributed by atoms with Gasteiger partial charge in [0, 0.05) is 36.2 Å². The fraction of sp³-hybridized carbons (Fsp3) is 0.316. The first-order chi connectivity index (χ1) is 12.7. The van der Waals surface area contributed by atoms with Crippen molar-refractivity contribution in [2.45, 2.75) is 19.4 Å². The molecule has 1 aromatic heterocycles. The molecule has 0 atom stereocenters. The van der Waals surface area contributed by atoms with E-state index in [1.807, 2.05) is 18.2 Å². The minimum absolute atomic E-state index is 0.0331. The number of hydrogen-bond donors (Lipinski definition) is 4. The monoisotopic (exact) mass is 353 g/mol. The van der Waals surface area contributed by atoms with Crippen LogP contribution in [0.1, 0.15) is 18.4 Å². The quantitative estimate of drug-likeness (QED) is 0.663. The maximum absolute atomic E-state index is 12.3. The van der Waals surface area contributed by atoms with Crippen molar-refractivity contribution in [1.29, 1.82) is 0 Å². The second-order valence-corrected chi connectivity index (χ2v) is 6.26. The Balaban J connectivity index is 1.51. The molecule has 0 saturated carbocycles. The van der Waals surface area contributed by atoms with Crippen molar-refractivity contribution in [2.24, 2.45) is 5.92 Å². The molecular weight excluding hydrogens is 330 g/mol. The van der Waals surface area contributed by atoms with Gasteiger partial charge in [-0.3, -0.25) is 9.78 Å². The number of urea groups is 1. The van der Waals surface area contributed by atoms with Gasteiger partial charge in [0.2, 0.25) is 5.91 Å². The van der Waals surface area contributed by atoms with Gasteiger partial charge in [0.05, 0.1) is 0 Å². The number of carbonyl (C=O) groups is 2. The summed E-state index contributed by atoms with van der Waals surface area (Å²) in [6.45, 7) is 2.16. The van der Waals surface area contributed by atoms with Crippen molar-refractivity contribution in [3.63, 3.8) is 0 Å². The first kappa shape index (κ1) is 17.9. The number of aromatic nitrogens is 1. The van der Waals surface area contributed by atoms with Crippen LogP contribution in [0.5, 0.6) is 0 Å². The van der Waals surface area contributed by atoms with Crippen LogP contribution in [-0.4, -0.2) is 30.0 Å². The molecule has 0 aliphatic carbocycles. The highest BCUT2D eigenvalue weighted by Gasteiger charge is 2.20. The van der Waals surface area contributed by atoms with E-state index in [4.69, 9.17) is 0 Å². The van der Waals surface area contributed by atoms with Gasteiger partial charge < -0.3 is 21.3 Å². The molecule has 136 valence electrons. The highest BCUT2D eigenvalue weighted by molar-refractivity contribution is 5.94. The average Bonchev–Trinajstić information content (AvgIpc) is 2.68. The third-order valence-electron chi connectivity index (χ3n) is 4.30. The van der Waals surface area contributed by atoms with E-state index in [2.05, 4.69) is 26.3 Å². The summed E-state index contributed by atoms with van der Waals surface area (Å²) in [6, 6.07) is 10.5. The molecule has 0 unspecified atom stereocenters. The van der Waals surface area contributed by atoms with Crippen LogP contribution in [0.2, 0.25) is 0 Å². The van der Waals surface area contributed by atoms with Gasteiger partial charge in [0.25, 0.3) is 0 Å². The lowest BCUT2D eigenvalue weighted by Crippen LogP contribution is -2.34. The summed E-state index contributed by atoms with van der Waals surface area (Å²) in [5.74, 6) is 0.0716. The molecule has 0 radical (unpaired) electrons. The molecule has 4 N–H and O–H groups in total. The zero-order valence-electron chi connectivity index (χ0n) is 14.5. The summed E-state index contributed by atoms with van der Waals surface area (Å²) in [7, 11) is 0.